The van der Waals surface area contributed by atoms with E-state index in [2.05, 4.69) is 13.8 Å². The van der Waals surface area contributed by atoms with Crippen molar-refractivity contribution in [3.63, 3.8) is 0 Å². The maximum atomic E-state index is 13.0. The lowest BCUT2D eigenvalue weighted by molar-refractivity contribution is 0.0756. The van der Waals surface area contributed by atoms with E-state index in [1.807, 2.05) is 0 Å². The molecule has 1 aliphatic rings. The average molecular weight is 292 g/mol. The van der Waals surface area contributed by atoms with Crippen molar-refractivity contribution in [3.05, 3.63) is 32.6 Å². The fraction of sp³-hybridized carbons (Fsp3) is 0.688. The molecule has 21 heavy (non-hydrogen) atoms. The van der Waals surface area contributed by atoms with Crippen LogP contribution in [-0.4, -0.2) is 14.9 Å². The maximum absolute atomic E-state index is 13.0. The molecule has 0 bridgehead atoms. The van der Waals surface area contributed by atoms with E-state index in [0.717, 1.165) is 36.7 Å². The van der Waals surface area contributed by atoms with E-state index in [1.54, 1.807) is 7.05 Å². The van der Waals surface area contributed by atoms with Crippen molar-refractivity contribution in [2.24, 2.45) is 25.4 Å². The third-order valence-electron chi connectivity index (χ3n) is 4.53. The van der Waals surface area contributed by atoms with E-state index in [9.17, 15) is 14.4 Å². The summed E-state index contributed by atoms with van der Waals surface area (Å²) < 4.78 is 2.33. The zero-order chi connectivity index (χ0) is 15.8. The molecule has 5 heteroatoms. The van der Waals surface area contributed by atoms with Crippen molar-refractivity contribution in [2.75, 3.05) is 0 Å². The number of carbonyl (C=O) groups excluding carboxylic acids is 1. The van der Waals surface area contributed by atoms with E-state index < -0.39 is 16.7 Å². The second-order valence-electron chi connectivity index (χ2n) is 6.71. The number of rotatable bonds is 4. The minimum atomic E-state index is -0.474. The van der Waals surface area contributed by atoms with Crippen LogP contribution in [-0.2, 0) is 14.1 Å². The second-order valence-corrected chi connectivity index (χ2v) is 6.71. The predicted octanol–water partition coefficient (Wildman–Crippen LogP) is 1.87. The highest BCUT2D eigenvalue weighted by Gasteiger charge is 2.42. The van der Waals surface area contributed by atoms with E-state index in [0.29, 0.717) is 5.92 Å². The minimum absolute atomic E-state index is 0.0788. The summed E-state index contributed by atoms with van der Waals surface area (Å²) in [6.45, 7) is 4.21. The second kappa shape index (κ2) is 5.62. The Labute approximate surface area is 124 Å². The van der Waals surface area contributed by atoms with Gasteiger partial charge in [0.25, 0.3) is 5.56 Å². The molecule has 0 unspecified atom stereocenters. The van der Waals surface area contributed by atoms with Crippen molar-refractivity contribution in [1.82, 2.24) is 9.13 Å². The van der Waals surface area contributed by atoms with Crippen LogP contribution in [0.4, 0.5) is 0 Å². The van der Waals surface area contributed by atoms with Gasteiger partial charge in [0.2, 0.25) is 0 Å². The zero-order valence-electron chi connectivity index (χ0n) is 13.3. The van der Waals surface area contributed by atoms with Gasteiger partial charge in [0.1, 0.15) is 0 Å². The van der Waals surface area contributed by atoms with Crippen molar-refractivity contribution < 1.29 is 4.79 Å². The summed E-state index contributed by atoms with van der Waals surface area (Å²) in [4.78, 5) is 37.1. The number of ketones is 1. The molecule has 1 aromatic rings. The van der Waals surface area contributed by atoms with Gasteiger partial charge < -0.3 is 4.57 Å². The molecule has 0 radical (unpaired) electrons. The summed E-state index contributed by atoms with van der Waals surface area (Å²) in [5, 5.41) is 0. The highest BCUT2D eigenvalue weighted by atomic mass is 16.2. The number of hydrogen-bond acceptors (Lipinski definition) is 3. The van der Waals surface area contributed by atoms with Gasteiger partial charge in [-0.15, -0.1) is 0 Å². The highest BCUT2D eigenvalue weighted by Crippen LogP contribution is 2.45. The monoisotopic (exact) mass is 292 g/mol. The number of nitrogens with zero attached hydrogens (tertiary/aromatic N) is 2. The van der Waals surface area contributed by atoms with Gasteiger partial charge in [0.15, 0.2) is 5.78 Å². The number of aromatic nitrogens is 2. The van der Waals surface area contributed by atoms with E-state index in [4.69, 9.17) is 0 Å². The van der Waals surface area contributed by atoms with Crippen molar-refractivity contribution in [2.45, 2.75) is 46.0 Å². The van der Waals surface area contributed by atoms with Gasteiger partial charge in [-0.25, -0.2) is 4.79 Å². The number of carbonyl (C=O) groups is 1. The van der Waals surface area contributed by atoms with Crippen LogP contribution >= 0.6 is 0 Å². The predicted molar refractivity (Wildman–Crippen MR) is 81.6 cm³/mol. The maximum Gasteiger partial charge on any atom is 0.330 e. The molecule has 1 heterocycles. The first-order valence-electron chi connectivity index (χ1n) is 7.60. The lowest BCUT2D eigenvalue weighted by Crippen LogP contribution is -2.42. The summed E-state index contributed by atoms with van der Waals surface area (Å²) >= 11 is 0. The summed E-state index contributed by atoms with van der Waals surface area (Å²) in [5.41, 5.74) is -1.14. The molecular weight excluding hydrogens is 268 g/mol. The van der Waals surface area contributed by atoms with Crippen LogP contribution in [0.1, 0.15) is 56.3 Å². The molecule has 116 valence electrons. The Hall–Kier alpha value is -1.65. The van der Waals surface area contributed by atoms with Gasteiger partial charge in [-0.3, -0.25) is 14.2 Å². The van der Waals surface area contributed by atoms with Gasteiger partial charge in [-0.2, -0.15) is 0 Å². The number of aryl methyl sites for hydroxylation is 1. The smallest absolute Gasteiger partial charge is 0.303 e. The van der Waals surface area contributed by atoms with E-state index in [1.165, 1.54) is 17.8 Å². The van der Waals surface area contributed by atoms with Gasteiger partial charge >= 0.3 is 5.69 Å². The molecule has 0 amide bonds. The normalized spacial score (nSPS) is 17.4. The highest BCUT2D eigenvalue weighted by molar-refractivity contribution is 6.00. The molecule has 0 aromatic carbocycles. The third-order valence-corrected chi connectivity index (χ3v) is 4.53. The first-order valence-corrected chi connectivity index (χ1v) is 7.60. The molecule has 0 saturated heterocycles. The Balaban J connectivity index is 2.53. The lowest BCUT2D eigenvalue weighted by atomic mass is 9.73. The molecule has 1 aliphatic carbocycles. The molecule has 1 fully saturated rings. The Morgan fingerprint density at radius 2 is 1.81 bits per heavy atom. The van der Waals surface area contributed by atoms with Gasteiger partial charge in [0.05, 0.1) is 5.56 Å². The minimum Gasteiger partial charge on any atom is -0.303 e. The quantitative estimate of drug-likeness (QED) is 0.796. The standard InChI is InChI=1S/C16H24N2O3/c1-11(2)9-16(7-5-6-8-16)13(19)12-10-17(3)15(21)18(4)14(12)20/h10-11H,5-9H2,1-4H3. The molecular formula is C16H24N2O3. The molecule has 0 N–H and O–H groups in total. The molecule has 0 aliphatic heterocycles. The first-order chi connectivity index (χ1) is 9.78. The molecule has 0 spiro atoms. The van der Waals surface area contributed by atoms with Crippen LogP contribution in [0.3, 0.4) is 0 Å². The zero-order valence-corrected chi connectivity index (χ0v) is 13.3. The molecule has 2 rings (SSSR count). The Bertz CT molecular complexity index is 661. The van der Waals surface area contributed by atoms with Crippen molar-refractivity contribution in [1.29, 1.82) is 0 Å². The number of Topliss-reactive ketones (excluding diaryl/α,β-unsaturated/α-hetero) is 1. The summed E-state index contributed by atoms with van der Waals surface area (Å²) in [6, 6.07) is 0. The van der Waals surface area contributed by atoms with Gasteiger partial charge in [-0.1, -0.05) is 26.7 Å². The third kappa shape index (κ3) is 2.74. The molecule has 1 saturated carbocycles. The van der Waals surface area contributed by atoms with E-state index in [-0.39, 0.29) is 11.3 Å². The van der Waals surface area contributed by atoms with Crippen LogP contribution < -0.4 is 11.2 Å². The van der Waals surface area contributed by atoms with Crippen LogP contribution in [0.25, 0.3) is 0 Å². The Kier molecular flexibility index (Phi) is 4.21. The Morgan fingerprint density at radius 3 is 2.33 bits per heavy atom. The van der Waals surface area contributed by atoms with Crippen LogP contribution in [0.2, 0.25) is 0 Å². The first kappa shape index (κ1) is 15.7. The molecule has 5 nitrogen and oxygen atoms in total. The van der Waals surface area contributed by atoms with Gasteiger partial charge in [-0.05, 0) is 25.2 Å². The van der Waals surface area contributed by atoms with Crippen LogP contribution in [0, 0.1) is 11.3 Å². The topological polar surface area (TPSA) is 61.1 Å². The average Bonchev–Trinajstić information content (AvgIpc) is 2.88. The molecule has 1 aromatic heterocycles. The summed E-state index contributed by atoms with van der Waals surface area (Å²) in [6.07, 6.45) is 5.96. The Morgan fingerprint density at radius 1 is 1.24 bits per heavy atom. The summed E-state index contributed by atoms with van der Waals surface area (Å²) in [7, 11) is 2.99. The van der Waals surface area contributed by atoms with Crippen LogP contribution in [0.15, 0.2) is 15.8 Å². The SMILES string of the molecule is CC(C)CC1(C(=O)c2cn(C)c(=O)n(C)c2=O)CCCC1. The van der Waals surface area contributed by atoms with Crippen LogP contribution in [0.5, 0.6) is 0 Å². The lowest BCUT2D eigenvalue weighted by Gasteiger charge is -2.29. The largest absolute Gasteiger partial charge is 0.330 e. The fourth-order valence-electron chi connectivity index (χ4n) is 3.61. The summed E-state index contributed by atoms with van der Waals surface area (Å²) in [5.74, 6) is 0.327. The van der Waals surface area contributed by atoms with E-state index >= 15 is 0 Å². The van der Waals surface area contributed by atoms with Gasteiger partial charge in [0, 0.05) is 25.7 Å². The number of hydrogen-bond donors (Lipinski definition) is 0. The van der Waals surface area contributed by atoms with Crippen molar-refractivity contribution >= 4 is 5.78 Å². The fourth-order valence-corrected chi connectivity index (χ4v) is 3.61. The molecule has 0 atom stereocenters. The van der Waals surface area contributed by atoms with Crippen molar-refractivity contribution in [3.8, 4) is 0 Å².